The summed E-state index contributed by atoms with van der Waals surface area (Å²) in [6.45, 7) is 5.71. The number of nitrogens with zero attached hydrogens (tertiary/aromatic N) is 2. The van der Waals surface area contributed by atoms with Gasteiger partial charge in [0.2, 0.25) is 0 Å². The molecule has 2 heterocycles. The van der Waals surface area contributed by atoms with Crippen LogP contribution in [0, 0.1) is 0 Å². The van der Waals surface area contributed by atoms with Crippen LogP contribution in [-0.4, -0.2) is 48.1 Å². The van der Waals surface area contributed by atoms with E-state index >= 15 is 0 Å². The molecule has 0 saturated carbocycles. The van der Waals surface area contributed by atoms with Gasteiger partial charge >= 0.3 is 0 Å². The average molecular weight is 339 g/mol. The zero-order chi connectivity index (χ0) is 17.5. The van der Waals surface area contributed by atoms with E-state index in [0.717, 1.165) is 16.7 Å². The van der Waals surface area contributed by atoms with Gasteiger partial charge in [0.05, 0.1) is 25.4 Å². The number of rotatable bonds is 8. The fourth-order valence-corrected chi connectivity index (χ4v) is 2.81. The predicted octanol–water partition coefficient (Wildman–Crippen LogP) is 2.33. The number of benzene rings is 1. The van der Waals surface area contributed by atoms with E-state index < -0.39 is 0 Å². The van der Waals surface area contributed by atoms with Gasteiger partial charge in [-0.2, -0.15) is 5.48 Å². The van der Waals surface area contributed by atoms with Crippen molar-refractivity contribution in [1.29, 1.82) is 0 Å². The molecule has 1 N–H and O–H groups in total. The smallest absolute Gasteiger partial charge is 0.176 e. The van der Waals surface area contributed by atoms with Crippen LogP contribution < -0.4 is 5.48 Å². The Morgan fingerprint density at radius 2 is 2.28 bits per heavy atom. The molecule has 0 aliphatic carbocycles. The highest BCUT2D eigenvalue weighted by Crippen LogP contribution is 2.21. The van der Waals surface area contributed by atoms with Gasteiger partial charge in [-0.3, -0.25) is 14.5 Å². The lowest BCUT2D eigenvalue weighted by atomic mass is 10.0. The number of carbonyl (C=O) groups excluding carboxylic acids is 1. The van der Waals surface area contributed by atoms with E-state index in [1.165, 1.54) is 0 Å². The number of aromatic nitrogens is 1. The zero-order valence-electron chi connectivity index (χ0n) is 13.9. The predicted molar refractivity (Wildman–Crippen MR) is 94.8 cm³/mol. The van der Waals surface area contributed by atoms with Crippen LogP contribution in [0.2, 0.25) is 0 Å². The Kier molecular flexibility index (Phi) is 5.90. The molecule has 3 rings (SSSR count). The van der Waals surface area contributed by atoms with Crippen molar-refractivity contribution in [2.45, 2.75) is 6.04 Å². The fraction of sp³-hybridized carbons (Fsp3) is 0.263. The van der Waals surface area contributed by atoms with Crippen molar-refractivity contribution in [1.82, 2.24) is 15.5 Å². The summed E-state index contributed by atoms with van der Waals surface area (Å²) in [7, 11) is 0. The minimum Gasteiger partial charge on any atom is -0.364 e. The molecule has 1 atom stereocenters. The summed E-state index contributed by atoms with van der Waals surface area (Å²) in [6, 6.07) is 9.29. The van der Waals surface area contributed by atoms with Gasteiger partial charge in [-0.1, -0.05) is 47.6 Å². The van der Waals surface area contributed by atoms with Crippen LogP contribution in [0.4, 0.5) is 0 Å². The molecule has 0 bridgehead atoms. The van der Waals surface area contributed by atoms with Gasteiger partial charge in [0.1, 0.15) is 6.26 Å². The quantitative estimate of drug-likeness (QED) is 0.345. The van der Waals surface area contributed by atoms with E-state index in [4.69, 9.17) is 9.36 Å². The van der Waals surface area contributed by atoms with Crippen LogP contribution in [0.15, 0.2) is 66.0 Å². The maximum Gasteiger partial charge on any atom is 0.176 e. The lowest BCUT2D eigenvalue weighted by molar-refractivity contribution is 0.0357. The summed E-state index contributed by atoms with van der Waals surface area (Å²) >= 11 is 0. The lowest BCUT2D eigenvalue weighted by Gasteiger charge is -2.31. The van der Waals surface area contributed by atoms with Gasteiger partial charge in [0.15, 0.2) is 5.78 Å². The minimum atomic E-state index is -0.0397. The van der Waals surface area contributed by atoms with Crippen molar-refractivity contribution in [3.05, 3.63) is 72.6 Å². The standard InChI is InChI=1S/C19H21N3O3/c1-2-8-24-21-18-9-16(17-10-20-25-14-17)11-22(12-18)13-19(23)15-6-4-3-5-7-15/h2-7,9-10,14,18,21H,1,8,11-13H2. The summed E-state index contributed by atoms with van der Waals surface area (Å²) in [6.07, 6.45) is 7.04. The first-order valence-corrected chi connectivity index (χ1v) is 8.15. The summed E-state index contributed by atoms with van der Waals surface area (Å²) in [5.74, 6) is 0.0953. The van der Waals surface area contributed by atoms with Crippen molar-refractivity contribution >= 4 is 11.4 Å². The van der Waals surface area contributed by atoms with Gasteiger partial charge in [-0.15, -0.1) is 6.58 Å². The molecule has 6 heteroatoms. The molecule has 1 aromatic heterocycles. The normalized spacial score (nSPS) is 17.9. The van der Waals surface area contributed by atoms with E-state index in [0.29, 0.717) is 26.2 Å². The fourth-order valence-electron chi connectivity index (χ4n) is 2.81. The molecule has 1 aliphatic heterocycles. The summed E-state index contributed by atoms with van der Waals surface area (Å²) in [4.78, 5) is 20.0. The third kappa shape index (κ3) is 4.73. The first-order valence-electron chi connectivity index (χ1n) is 8.15. The molecule has 25 heavy (non-hydrogen) atoms. The zero-order valence-corrected chi connectivity index (χ0v) is 13.9. The van der Waals surface area contributed by atoms with Crippen LogP contribution in [0.1, 0.15) is 15.9 Å². The van der Waals surface area contributed by atoms with Gasteiger partial charge in [-0.05, 0) is 5.57 Å². The highest BCUT2D eigenvalue weighted by atomic mass is 16.6. The number of nitrogens with one attached hydrogen (secondary N) is 1. The molecule has 0 saturated heterocycles. The number of ketones is 1. The number of Topliss-reactive ketones (excluding diaryl/α,β-unsaturated/α-hetero) is 1. The Balaban J connectivity index is 1.70. The van der Waals surface area contributed by atoms with Crippen molar-refractivity contribution < 1.29 is 14.2 Å². The van der Waals surface area contributed by atoms with Crippen LogP contribution in [-0.2, 0) is 4.84 Å². The maximum absolute atomic E-state index is 12.5. The molecule has 130 valence electrons. The van der Waals surface area contributed by atoms with Gasteiger partial charge in [0.25, 0.3) is 0 Å². The highest BCUT2D eigenvalue weighted by Gasteiger charge is 2.24. The highest BCUT2D eigenvalue weighted by molar-refractivity contribution is 5.97. The third-order valence-electron chi connectivity index (χ3n) is 3.95. The van der Waals surface area contributed by atoms with E-state index in [-0.39, 0.29) is 11.8 Å². The Labute approximate surface area is 146 Å². The van der Waals surface area contributed by atoms with Crippen molar-refractivity contribution in [2.75, 3.05) is 26.2 Å². The number of hydrogen-bond donors (Lipinski definition) is 1. The SMILES string of the molecule is C=CCONC1C=C(c2cnoc2)CN(CC(=O)c2ccccc2)C1. The van der Waals surface area contributed by atoms with Crippen LogP contribution in [0.3, 0.4) is 0 Å². The van der Waals surface area contributed by atoms with Crippen LogP contribution >= 0.6 is 0 Å². The van der Waals surface area contributed by atoms with Gasteiger partial charge in [0, 0.05) is 24.2 Å². The molecule has 1 aliphatic rings. The molecular weight excluding hydrogens is 318 g/mol. The first-order chi connectivity index (χ1) is 12.3. The molecule has 1 unspecified atom stereocenters. The summed E-state index contributed by atoms with van der Waals surface area (Å²) in [5, 5.41) is 3.77. The Morgan fingerprint density at radius 1 is 1.44 bits per heavy atom. The third-order valence-corrected chi connectivity index (χ3v) is 3.95. The molecule has 0 spiro atoms. The van der Waals surface area contributed by atoms with Crippen molar-refractivity contribution in [3.63, 3.8) is 0 Å². The minimum absolute atomic E-state index is 0.0397. The van der Waals surface area contributed by atoms with Crippen molar-refractivity contribution in [3.8, 4) is 0 Å². The van der Waals surface area contributed by atoms with E-state index in [9.17, 15) is 4.79 Å². The van der Waals surface area contributed by atoms with Gasteiger partial charge in [-0.25, -0.2) is 0 Å². The Morgan fingerprint density at radius 3 is 3.00 bits per heavy atom. The first kappa shape index (κ1) is 17.3. The van der Waals surface area contributed by atoms with E-state index in [1.54, 1.807) is 18.5 Å². The molecule has 6 nitrogen and oxygen atoms in total. The monoisotopic (exact) mass is 339 g/mol. The second-order valence-corrected chi connectivity index (χ2v) is 5.89. The van der Waals surface area contributed by atoms with E-state index in [2.05, 4.69) is 28.2 Å². The van der Waals surface area contributed by atoms with Crippen LogP contribution in [0.25, 0.3) is 5.57 Å². The Hall–Kier alpha value is -2.54. The number of hydrogen-bond acceptors (Lipinski definition) is 6. The maximum atomic E-state index is 12.5. The second-order valence-electron chi connectivity index (χ2n) is 5.89. The molecule has 1 aromatic carbocycles. The molecule has 0 amide bonds. The largest absolute Gasteiger partial charge is 0.364 e. The number of hydroxylamine groups is 1. The Bertz CT molecular complexity index is 726. The molecule has 0 radical (unpaired) electrons. The molecule has 0 fully saturated rings. The second kappa shape index (κ2) is 8.53. The van der Waals surface area contributed by atoms with Crippen molar-refractivity contribution in [2.24, 2.45) is 0 Å². The average Bonchev–Trinajstić information content (AvgIpc) is 3.17. The summed E-state index contributed by atoms with van der Waals surface area (Å²) < 4.78 is 4.95. The lowest BCUT2D eigenvalue weighted by Crippen LogP contribution is -2.45. The molecule has 2 aromatic rings. The van der Waals surface area contributed by atoms with Crippen LogP contribution in [0.5, 0.6) is 0 Å². The van der Waals surface area contributed by atoms with E-state index in [1.807, 2.05) is 30.3 Å². The number of carbonyl (C=O) groups is 1. The summed E-state index contributed by atoms with van der Waals surface area (Å²) in [5.41, 5.74) is 5.68. The topological polar surface area (TPSA) is 67.6 Å². The molecular formula is C19H21N3O3. The van der Waals surface area contributed by atoms with Gasteiger partial charge < -0.3 is 4.52 Å².